The Morgan fingerprint density at radius 3 is 1.69 bits per heavy atom. The predicted molar refractivity (Wildman–Crippen MR) is 239 cm³/mol. The first kappa shape index (κ1) is 50.6. The summed E-state index contributed by atoms with van der Waals surface area (Å²) in [4.78, 5) is 68.9. The van der Waals surface area contributed by atoms with Crippen LogP contribution in [0, 0.1) is 5.82 Å². The molecule has 16 heteroatoms. The smallest absolute Gasteiger partial charge is 0.411 e. The standard InChI is InChI=1S/C46H67FN6O9/c1-44(2,3)60-40(55)49-23-17-27-53(43(58)62-46(7,8)9)25-15-14-24-52(42(57)61-45(4,5)6)26-16-22-48-38-30-37(35(29-36(38)47)39(54)51(10)11)50-41(56)59-31-32-20-21-33-18-12-13-19-34(33)28-32/h12-13,18-21,28-30,48H,14-17,22-27,31H2,1-11H3,(H,49,55)(H,50,56). The quantitative estimate of drug-likeness (QED) is 0.0828. The number of amides is 5. The number of alkyl carbamates (subject to hydrolysis) is 1. The summed E-state index contributed by atoms with van der Waals surface area (Å²) in [6.07, 6.45) is -0.411. The van der Waals surface area contributed by atoms with Gasteiger partial charge in [0.15, 0.2) is 0 Å². The van der Waals surface area contributed by atoms with Gasteiger partial charge in [-0.3, -0.25) is 10.1 Å². The number of anilines is 2. The minimum atomic E-state index is -0.819. The van der Waals surface area contributed by atoms with Gasteiger partial charge in [-0.2, -0.15) is 0 Å². The Labute approximate surface area is 365 Å². The number of carbonyl (C=O) groups is 5. The molecule has 62 heavy (non-hydrogen) atoms. The first-order chi connectivity index (χ1) is 28.9. The molecule has 0 saturated heterocycles. The molecule has 3 N–H and O–H groups in total. The van der Waals surface area contributed by atoms with E-state index in [9.17, 15) is 24.0 Å². The van der Waals surface area contributed by atoms with E-state index in [1.807, 2.05) is 42.5 Å². The van der Waals surface area contributed by atoms with Crippen LogP contribution < -0.4 is 16.0 Å². The summed E-state index contributed by atoms with van der Waals surface area (Å²) in [5.74, 6) is -1.22. The molecule has 342 valence electrons. The molecule has 15 nitrogen and oxygen atoms in total. The van der Waals surface area contributed by atoms with Gasteiger partial charge in [0.2, 0.25) is 0 Å². The topological polar surface area (TPSA) is 168 Å². The Kier molecular flexibility index (Phi) is 18.7. The first-order valence-electron chi connectivity index (χ1n) is 21.0. The van der Waals surface area contributed by atoms with E-state index >= 15 is 4.39 Å². The SMILES string of the molecule is CN(C)C(=O)c1cc(F)c(NCCCN(CCCCN(CCCNC(=O)OC(C)(C)C)C(=O)OC(C)(C)C)C(=O)OC(C)(C)C)cc1NC(=O)OCc1ccc2ccccc2c1. The summed E-state index contributed by atoms with van der Waals surface area (Å²) in [6.45, 7) is 17.8. The van der Waals surface area contributed by atoms with E-state index in [0.29, 0.717) is 51.9 Å². The zero-order chi connectivity index (χ0) is 46.3. The van der Waals surface area contributed by atoms with Crippen LogP contribution >= 0.6 is 0 Å². The normalized spacial score (nSPS) is 11.6. The molecule has 0 heterocycles. The summed E-state index contributed by atoms with van der Waals surface area (Å²) in [5, 5.41) is 10.4. The molecule has 3 rings (SSSR count). The lowest BCUT2D eigenvalue weighted by atomic mass is 10.1. The summed E-state index contributed by atoms with van der Waals surface area (Å²) >= 11 is 0. The second kappa shape index (κ2) is 22.9. The highest BCUT2D eigenvalue weighted by molar-refractivity contribution is 6.03. The van der Waals surface area contributed by atoms with Gasteiger partial charge in [0.25, 0.3) is 5.91 Å². The van der Waals surface area contributed by atoms with Crippen molar-refractivity contribution >= 4 is 52.4 Å². The molecule has 3 aromatic rings. The average molecular weight is 867 g/mol. The van der Waals surface area contributed by atoms with E-state index in [1.165, 1.54) is 25.1 Å². The number of hydrogen-bond donors (Lipinski definition) is 3. The van der Waals surface area contributed by atoms with Crippen molar-refractivity contribution in [3.63, 3.8) is 0 Å². The van der Waals surface area contributed by atoms with Crippen LogP contribution in [-0.4, -0.2) is 115 Å². The largest absolute Gasteiger partial charge is 0.444 e. The number of hydrogen-bond acceptors (Lipinski definition) is 10. The third-order valence-corrected chi connectivity index (χ3v) is 8.77. The molecule has 3 aromatic carbocycles. The molecule has 0 aliphatic carbocycles. The zero-order valence-electron chi connectivity index (χ0n) is 38.4. The number of halogens is 1. The molecule has 0 bridgehead atoms. The van der Waals surface area contributed by atoms with Crippen LogP contribution in [0.4, 0.5) is 34.9 Å². The van der Waals surface area contributed by atoms with E-state index < -0.39 is 52.9 Å². The predicted octanol–water partition coefficient (Wildman–Crippen LogP) is 9.40. The van der Waals surface area contributed by atoms with Gasteiger partial charge in [0, 0.05) is 53.4 Å². The molecular formula is C46H67FN6O9. The highest BCUT2D eigenvalue weighted by Gasteiger charge is 2.25. The Bertz CT molecular complexity index is 1990. The van der Waals surface area contributed by atoms with Gasteiger partial charge in [-0.25, -0.2) is 23.6 Å². The molecule has 5 amide bonds. The lowest BCUT2D eigenvalue weighted by molar-refractivity contribution is 0.0208. The van der Waals surface area contributed by atoms with Gasteiger partial charge in [-0.05, 0) is 123 Å². The van der Waals surface area contributed by atoms with E-state index in [1.54, 1.807) is 72.1 Å². The Hall–Kier alpha value is -5.80. The van der Waals surface area contributed by atoms with Crippen molar-refractivity contribution in [1.82, 2.24) is 20.0 Å². The molecule has 0 aliphatic heterocycles. The van der Waals surface area contributed by atoms with E-state index in [-0.39, 0.29) is 36.6 Å². The van der Waals surface area contributed by atoms with Gasteiger partial charge in [0.1, 0.15) is 29.2 Å². The van der Waals surface area contributed by atoms with Crippen molar-refractivity contribution in [2.75, 3.05) is 64.0 Å². The monoisotopic (exact) mass is 866 g/mol. The maximum atomic E-state index is 15.5. The van der Waals surface area contributed by atoms with E-state index in [2.05, 4.69) is 16.0 Å². The van der Waals surface area contributed by atoms with Crippen LogP contribution in [0.2, 0.25) is 0 Å². The van der Waals surface area contributed by atoms with Gasteiger partial charge >= 0.3 is 24.4 Å². The number of ether oxygens (including phenoxy) is 4. The van der Waals surface area contributed by atoms with E-state index in [4.69, 9.17) is 18.9 Å². The fourth-order valence-electron chi connectivity index (χ4n) is 5.97. The number of carbonyl (C=O) groups excluding carboxylic acids is 5. The third-order valence-electron chi connectivity index (χ3n) is 8.77. The van der Waals surface area contributed by atoms with Crippen LogP contribution in [-0.2, 0) is 25.6 Å². The minimum Gasteiger partial charge on any atom is -0.444 e. The van der Waals surface area contributed by atoms with Gasteiger partial charge in [-0.15, -0.1) is 0 Å². The van der Waals surface area contributed by atoms with Crippen LogP contribution in [0.3, 0.4) is 0 Å². The first-order valence-corrected chi connectivity index (χ1v) is 21.0. The van der Waals surface area contributed by atoms with Crippen LogP contribution in [0.5, 0.6) is 0 Å². The minimum absolute atomic E-state index is 0.0226. The molecule has 0 radical (unpaired) electrons. The summed E-state index contributed by atoms with van der Waals surface area (Å²) in [5.41, 5.74) is -1.26. The third kappa shape index (κ3) is 18.4. The van der Waals surface area contributed by atoms with Crippen molar-refractivity contribution in [2.45, 2.75) is 111 Å². The van der Waals surface area contributed by atoms with Crippen LogP contribution in [0.15, 0.2) is 54.6 Å². The second-order valence-electron chi connectivity index (χ2n) is 18.2. The molecular weight excluding hydrogens is 800 g/mol. The fraction of sp³-hybridized carbons (Fsp3) is 0.543. The summed E-state index contributed by atoms with van der Waals surface area (Å²) in [7, 11) is 3.05. The molecule has 0 aromatic heterocycles. The lowest BCUT2D eigenvalue weighted by Gasteiger charge is -2.29. The van der Waals surface area contributed by atoms with Gasteiger partial charge < -0.3 is 44.3 Å². The summed E-state index contributed by atoms with van der Waals surface area (Å²) in [6, 6.07) is 15.9. The number of nitrogens with zero attached hydrogens (tertiary/aromatic N) is 3. The lowest BCUT2D eigenvalue weighted by Crippen LogP contribution is -2.40. The maximum Gasteiger partial charge on any atom is 0.411 e. The van der Waals surface area contributed by atoms with Crippen molar-refractivity contribution in [2.24, 2.45) is 0 Å². The molecule has 0 atom stereocenters. The van der Waals surface area contributed by atoms with Crippen molar-refractivity contribution < 1.29 is 47.3 Å². The molecule has 0 unspecified atom stereocenters. The summed E-state index contributed by atoms with van der Waals surface area (Å²) < 4.78 is 37.6. The molecule has 0 spiro atoms. The average Bonchev–Trinajstić information content (AvgIpc) is 3.15. The number of unbranched alkanes of at least 4 members (excludes halogenated alkanes) is 1. The Morgan fingerprint density at radius 2 is 1.15 bits per heavy atom. The van der Waals surface area contributed by atoms with Crippen molar-refractivity contribution in [1.29, 1.82) is 0 Å². The van der Waals surface area contributed by atoms with Crippen molar-refractivity contribution in [3.8, 4) is 0 Å². The van der Waals surface area contributed by atoms with Crippen LogP contribution in [0.25, 0.3) is 10.8 Å². The highest BCUT2D eigenvalue weighted by Crippen LogP contribution is 2.27. The van der Waals surface area contributed by atoms with Crippen LogP contribution in [0.1, 0.15) is 104 Å². The Balaban J connectivity index is 1.63. The van der Waals surface area contributed by atoms with Crippen molar-refractivity contribution in [3.05, 3.63) is 71.5 Å². The number of nitrogens with one attached hydrogen (secondary N) is 3. The maximum absolute atomic E-state index is 15.5. The number of fused-ring (bicyclic) bond motifs is 1. The molecule has 0 fully saturated rings. The molecule has 0 saturated carbocycles. The fourth-order valence-corrected chi connectivity index (χ4v) is 5.97. The number of rotatable bonds is 18. The molecule has 0 aliphatic rings. The zero-order valence-corrected chi connectivity index (χ0v) is 38.4. The number of benzene rings is 3. The van der Waals surface area contributed by atoms with E-state index in [0.717, 1.165) is 22.4 Å². The second-order valence-corrected chi connectivity index (χ2v) is 18.2. The van der Waals surface area contributed by atoms with Gasteiger partial charge in [-0.1, -0.05) is 36.4 Å². The Morgan fingerprint density at radius 1 is 0.613 bits per heavy atom. The van der Waals surface area contributed by atoms with Gasteiger partial charge in [0.05, 0.1) is 16.9 Å². The highest BCUT2D eigenvalue weighted by atomic mass is 19.1.